The van der Waals surface area contributed by atoms with Gasteiger partial charge in [0.25, 0.3) is 0 Å². The van der Waals surface area contributed by atoms with Crippen molar-refractivity contribution in [2.45, 2.75) is 6.92 Å². The first-order valence-corrected chi connectivity index (χ1v) is 20.4. The van der Waals surface area contributed by atoms with Crippen molar-refractivity contribution < 1.29 is 0 Å². The molecule has 2 aromatic heterocycles. The highest BCUT2D eigenvalue weighted by Gasteiger charge is 2.16. The van der Waals surface area contributed by atoms with E-state index >= 15 is 0 Å². The lowest BCUT2D eigenvalue weighted by Gasteiger charge is -2.11. The minimum Gasteiger partial charge on any atom is -0.309 e. The highest BCUT2D eigenvalue weighted by Crippen LogP contribution is 2.40. The van der Waals surface area contributed by atoms with Gasteiger partial charge in [0.1, 0.15) is 0 Å². The van der Waals surface area contributed by atoms with Gasteiger partial charge in [-0.05, 0) is 135 Å². The molecule has 11 aromatic rings. The van der Waals surface area contributed by atoms with Gasteiger partial charge in [-0.25, -0.2) is 0 Å². The SMILES string of the molecule is Cc1ccc2c(c1)c1cc(-c3cccc(-c4cccc(-c5cccc(-c6cccc(-c7ccccc7)c6)c5)c4)c3)ccc1n2-c1ccc2sc3ccccc3c2c1. The molecule has 2 heterocycles. The lowest BCUT2D eigenvalue weighted by Crippen LogP contribution is -1.93. The number of nitrogens with zero attached hydrogens (tertiary/aromatic N) is 1. The van der Waals surface area contributed by atoms with Crippen LogP contribution in [0, 0.1) is 6.92 Å². The number of hydrogen-bond acceptors (Lipinski definition) is 1. The molecule has 57 heavy (non-hydrogen) atoms. The van der Waals surface area contributed by atoms with Crippen LogP contribution in [0.25, 0.3) is 103 Å². The molecule has 0 N–H and O–H groups in total. The molecule has 2 heteroatoms. The molecule has 0 fully saturated rings. The van der Waals surface area contributed by atoms with Gasteiger partial charge in [0.05, 0.1) is 11.0 Å². The van der Waals surface area contributed by atoms with Gasteiger partial charge < -0.3 is 4.57 Å². The Kier molecular flexibility index (Phi) is 7.98. The summed E-state index contributed by atoms with van der Waals surface area (Å²) in [5, 5.41) is 5.18. The van der Waals surface area contributed by atoms with Crippen molar-refractivity contribution in [2.75, 3.05) is 0 Å². The largest absolute Gasteiger partial charge is 0.309 e. The van der Waals surface area contributed by atoms with Gasteiger partial charge in [-0.15, -0.1) is 11.3 Å². The van der Waals surface area contributed by atoms with E-state index in [-0.39, 0.29) is 0 Å². The van der Waals surface area contributed by atoms with Gasteiger partial charge in [-0.2, -0.15) is 0 Å². The Morgan fingerprint density at radius 3 is 1.35 bits per heavy atom. The van der Waals surface area contributed by atoms with E-state index in [1.165, 1.54) is 109 Å². The molecule has 11 rings (SSSR count). The van der Waals surface area contributed by atoms with Crippen LogP contribution in [0.4, 0.5) is 0 Å². The Labute approximate surface area is 336 Å². The second-order valence-electron chi connectivity index (χ2n) is 15.1. The van der Waals surface area contributed by atoms with Crippen molar-refractivity contribution in [1.82, 2.24) is 4.57 Å². The van der Waals surface area contributed by atoms with Gasteiger partial charge >= 0.3 is 0 Å². The molecule has 0 amide bonds. The van der Waals surface area contributed by atoms with Crippen LogP contribution in [-0.2, 0) is 0 Å². The quantitative estimate of drug-likeness (QED) is 0.160. The average molecular weight is 744 g/mol. The Morgan fingerprint density at radius 1 is 0.298 bits per heavy atom. The van der Waals surface area contributed by atoms with Crippen molar-refractivity contribution in [3.8, 4) is 61.3 Å². The van der Waals surface area contributed by atoms with Crippen molar-refractivity contribution in [1.29, 1.82) is 0 Å². The molecular formula is C55H37NS. The predicted octanol–water partition coefficient (Wildman–Crippen LogP) is 15.8. The summed E-state index contributed by atoms with van der Waals surface area (Å²) in [6.07, 6.45) is 0. The summed E-state index contributed by atoms with van der Waals surface area (Å²) in [7, 11) is 0. The zero-order valence-electron chi connectivity index (χ0n) is 31.5. The maximum Gasteiger partial charge on any atom is 0.0541 e. The summed E-state index contributed by atoms with van der Waals surface area (Å²) in [4.78, 5) is 0. The Hall–Kier alpha value is -7.00. The summed E-state index contributed by atoms with van der Waals surface area (Å²) in [5.74, 6) is 0. The van der Waals surface area contributed by atoms with E-state index in [1.54, 1.807) is 0 Å². The molecule has 0 saturated carbocycles. The Balaban J connectivity index is 0.954. The third-order valence-corrected chi connectivity index (χ3v) is 12.6. The van der Waals surface area contributed by atoms with Crippen LogP contribution in [0.15, 0.2) is 206 Å². The van der Waals surface area contributed by atoms with Crippen molar-refractivity contribution in [2.24, 2.45) is 0 Å². The number of fused-ring (bicyclic) bond motifs is 6. The molecule has 1 nitrogen and oxygen atoms in total. The highest BCUT2D eigenvalue weighted by molar-refractivity contribution is 7.25. The van der Waals surface area contributed by atoms with E-state index in [0.717, 1.165) is 0 Å². The fourth-order valence-electron chi connectivity index (χ4n) is 8.59. The van der Waals surface area contributed by atoms with Crippen LogP contribution in [0.5, 0.6) is 0 Å². The van der Waals surface area contributed by atoms with Gasteiger partial charge in [0, 0.05) is 36.6 Å². The van der Waals surface area contributed by atoms with E-state index < -0.39 is 0 Å². The first kappa shape index (κ1) is 33.3. The summed E-state index contributed by atoms with van der Waals surface area (Å²) in [6, 6.07) is 75.8. The third-order valence-electron chi connectivity index (χ3n) is 11.4. The lowest BCUT2D eigenvalue weighted by atomic mass is 9.94. The standard InChI is InChI=1S/C55H37NS/c1-36-23-26-52-49(29-36)50-34-46(24-27-53(50)56(52)47-25-28-55-51(35-47)48-21-5-6-22-54(48)57-55)45-20-10-19-44(33-45)43-18-9-17-42(32-43)41-16-8-15-40(31-41)39-14-7-13-38(30-39)37-11-3-2-4-12-37/h2-35H,1H3. The Morgan fingerprint density at radius 2 is 0.754 bits per heavy atom. The van der Waals surface area contributed by atoms with E-state index in [9.17, 15) is 0 Å². The van der Waals surface area contributed by atoms with Gasteiger partial charge in [0.2, 0.25) is 0 Å². The number of rotatable bonds is 6. The van der Waals surface area contributed by atoms with Crippen LogP contribution in [0.3, 0.4) is 0 Å². The highest BCUT2D eigenvalue weighted by atomic mass is 32.1. The summed E-state index contributed by atoms with van der Waals surface area (Å²) in [5.41, 5.74) is 17.0. The second kappa shape index (κ2) is 13.6. The molecule has 0 bridgehead atoms. The molecule has 0 aliphatic carbocycles. The van der Waals surface area contributed by atoms with Gasteiger partial charge in [0.15, 0.2) is 0 Å². The average Bonchev–Trinajstić information content (AvgIpc) is 3.81. The first-order valence-electron chi connectivity index (χ1n) is 19.6. The monoisotopic (exact) mass is 743 g/mol. The molecule has 0 aliphatic rings. The second-order valence-corrected chi connectivity index (χ2v) is 16.1. The number of aromatic nitrogens is 1. The summed E-state index contributed by atoms with van der Waals surface area (Å²) >= 11 is 1.87. The first-order chi connectivity index (χ1) is 28.1. The van der Waals surface area contributed by atoms with Crippen LogP contribution >= 0.6 is 11.3 Å². The molecule has 0 saturated heterocycles. The van der Waals surface area contributed by atoms with Crippen molar-refractivity contribution >= 4 is 53.3 Å². The van der Waals surface area contributed by atoms with Crippen LogP contribution in [0.1, 0.15) is 5.56 Å². The third kappa shape index (κ3) is 5.94. The van der Waals surface area contributed by atoms with Gasteiger partial charge in [-0.3, -0.25) is 0 Å². The molecule has 0 spiro atoms. The molecular weight excluding hydrogens is 707 g/mol. The topological polar surface area (TPSA) is 4.93 Å². The zero-order chi connectivity index (χ0) is 37.9. The van der Waals surface area contributed by atoms with E-state index in [4.69, 9.17) is 0 Å². The van der Waals surface area contributed by atoms with E-state index in [1.807, 2.05) is 11.3 Å². The van der Waals surface area contributed by atoms with Crippen molar-refractivity contribution in [3.05, 3.63) is 212 Å². The molecule has 0 atom stereocenters. The number of hydrogen-bond donors (Lipinski definition) is 0. The minimum absolute atomic E-state index is 1.19. The summed E-state index contributed by atoms with van der Waals surface area (Å²) < 4.78 is 5.09. The molecule has 0 aliphatic heterocycles. The number of benzene rings is 9. The maximum absolute atomic E-state index is 2.44. The normalized spacial score (nSPS) is 11.6. The molecule has 0 radical (unpaired) electrons. The van der Waals surface area contributed by atoms with Crippen LogP contribution in [-0.4, -0.2) is 4.57 Å². The zero-order valence-corrected chi connectivity index (χ0v) is 32.3. The molecule has 9 aromatic carbocycles. The summed E-state index contributed by atoms with van der Waals surface area (Å²) in [6.45, 7) is 2.19. The minimum atomic E-state index is 1.19. The number of thiophene rings is 1. The molecule has 268 valence electrons. The predicted molar refractivity (Wildman–Crippen MR) is 246 cm³/mol. The van der Waals surface area contributed by atoms with Crippen molar-refractivity contribution in [3.63, 3.8) is 0 Å². The van der Waals surface area contributed by atoms with E-state index in [2.05, 4.69) is 218 Å². The lowest BCUT2D eigenvalue weighted by molar-refractivity contribution is 1.19. The van der Waals surface area contributed by atoms with Crippen LogP contribution < -0.4 is 0 Å². The van der Waals surface area contributed by atoms with E-state index in [0.29, 0.717) is 0 Å². The fraction of sp³-hybridized carbons (Fsp3) is 0.0182. The molecule has 0 unspecified atom stereocenters. The fourth-order valence-corrected chi connectivity index (χ4v) is 9.68. The number of aryl methyl sites for hydroxylation is 1. The van der Waals surface area contributed by atoms with Crippen LogP contribution in [0.2, 0.25) is 0 Å². The Bertz CT molecular complexity index is 3310. The van der Waals surface area contributed by atoms with Gasteiger partial charge in [-0.1, -0.05) is 139 Å². The maximum atomic E-state index is 2.44. The smallest absolute Gasteiger partial charge is 0.0541 e.